The second kappa shape index (κ2) is 8.10. The number of rotatable bonds is 6. The molecule has 4 heteroatoms. The molecular weight excluding hydrogens is 226 g/mol. The van der Waals surface area contributed by atoms with Crippen LogP contribution in [-0.4, -0.2) is 74.9 Å². The van der Waals surface area contributed by atoms with Gasteiger partial charge in [-0.05, 0) is 25.8 Å². The summed E-state index contributed by atoms with van der Waals surface area (Å²) in [5.41, 5.74) is 0. The maximum Gasteiger partial charge on any atom is 0.0702 e. The van der Waals surface area contributed by atoms with Gasteiger partial charge < -0.3 is 10.1 Å². The Morgan fingerprint density at radius 3 is 2.67 bits per heavy atom. The maximum absolute atomic E-state index is 5.89. The van der Waals surface area contributed by atoms with E-state index in [4.69, 9.17) is 4.74 Å². The van der Waals surface area contributed by atoms with Crippen molar-refractivity contribution in [3.8, 4) is 0 Å². The average molecular weight is 255 g/mol. The molecule has 1 N–H and O–H groups in total. The number of hydrogen-bond donors (Lipinski definition) is 1. The van der Waals surface area contributed by atoms with Gasteiger partial charge in [-0.3, -0.25) is 9.80 Å². The molecule has 2 heterocycles. The average Bonchev–Trinajstić information content (AvgIpc) is 2.44. The lowest BCUT2D eigenvalue weighted by atomic mass is 10.1. The monoisotopic (exact) mass is 255 g/mol. The number of likely N-dealkylation sites (tertiary alicyclic amines) is 1. The molecule has 0 saturated carbocycles. The Bertz CT molecular complexity index is 219. The van der Waals surface area contributed by atoms with Crippen LogP contribution >= 0.6 is 0 Å². The highest BCUT2D eigenvalue weighted by atomic mass is 16.5. The van der Waals surface area contributed by atoms with E-state index < -0.39 is 0 Å². The predicted octanol–water partition coefficient (Wildman–Crippen LogP) is 0.783. The van der Waals surface area contributed by atoms with Crippen molar-refractivity contribution in [1.82, 2.24) is 15.1 Å². The molecular formula is C14H29N3O. The van der Waals surface area contributed by atoms with Gasteiger partial charge in [-0.15, -0.1) is 0 Å². The van der Waals surface area contributed by atoms with Crippen molar-refractivity contribution in [2.24, 2.45) is 0 Å². The summed E-state index contributed by atoms with van der Waals surface area (Å²) in [6.07, 6.45) is 4.18. The fourth-order valence-electron chi connectivity index (χ4n) is 2.85. The first-order valence-electron chi connectivity index (χ1n) is 7.65. The topological polar surface area (TPSA) is 27.7 Å². The van der Waals surface area contributed by atoms with Crippen LogP contribution in [0.1, 0.15) is 26.2 Å². The third-order valence-electron chi connectivity index (χ3n) is 3.96. The predicted molar refractivity (Wildman–Crippen MR) is 75.0 cm³/mol. The minimum atomic E-state index is 0.488. The van der Waals surface area contributed by atoms with Gasteiger partial charge in [-0.25, -0.2) is 0 Å². The Labute approximate surface area is 112 Å². The Hall–Kier alpha value is -0.160. The van der Waals surface area contributed by atoms with E-state index >= 15 is 0 Å². The van der Waals surface area contributed by atoms with Crippen LogP contribution in [0, 0.1) is 0 Å². The lowest BCUT2D eigenvalue weighted by Gasteiger charge is -2.35. The van der Waals surface area contributed by atoms with Gasteiger partial charge in [0.2, 0.25) is 0 Å². The number of ether oxygens (including phenoxy) is 1. The van der Waals surface area contributed by atoms with Gasteiger partial charge in [0.1, 0.15) is 0 Å². The summed E-state index contributed by atoms with van der Waals surface area (Å²) in [7, 11) is 0. The second-order valence-corrected chi connectivity index (χ2v) is 5.53. The van der Waals surface area contributed by atoms with Crippen LogP contribution in [0.5, 0.6) is 0 Å². The van der Waals surface area contributed by atoms with Crippen molar-refractivity contribution in [1.29, 1.82) is 0 Å². The summed E-state index contributed by atoms with van der Waals surface area (Å²) < 4.78 is 5.89. The fourth-order valence-corrected chi connectivity index (χ4v) is 2.85. The zero-order valence-corrected chi connectivity index (χ0v) is 11.9. The summed E-state index contributed by atoms with van der Waals surface area (Å²) in [4.78, 5) is 5.17. The molecule has 0 bridgehead atoms. The minimum Gasteiger partial charge on any atom is -0.377 e. The van der Waals surface area contributed by atoms with Crippen LogP contribution in [0.15, 0.2) is 0 Å². The lowest BCUT2D eigenvalue weighted by Crippen LogP contribution is -2.48. The van der Waals surface area contributed by atoms with Crippen molar-refractivity contribution in [2.75, 3.05) is 59.0 Å². The van der Waals surface area contributed by atoms with Crippen LogP contribution in [0.2, 0.25) is 0 Å². The van der Waals surface area contributed by atoms with E-state index in [1.807, 2.05) is 0 Å². The molecule has 2 aliphatic heterocycles. The van der Waals surface area contributed by atoms with Crippen LogP contribution in [-0.2, 0) is 4.74 Å². The van der Waals surface area contributed by atoms with Crippen LogP contribution in [0.4, 0.5) is 0 Å². The van der Waals surface area contributed by atoms with E-state index in [9.17, 15) is 0 Å². The molecule has 0 aromatic rings. The summed E-state index contributed by atoms with van der Waals surface area (Å²) in [5.74, 6) is 0. The Morgan fingerprint density at radius 2 is 1.89 bits per heavy atom. The molecule has 0 aromatic heterocycles. The van der Waals surface area contributed by atoms with Crippen molar-refractivity contribution < 1.29 is 4.74 Å². The number of piperazine rings is 1. The van der Waals surface area contributed by atoms with E-state index in [0.29, 0.717) is 6.10 Å². The Morgan fingerprint density at radius 1 is 1.11 bits per heavy atom. The highest BCUT2D eigenvalue weighted by molar-refractivity contribution is 4.75. The van der Waals surface area contributed by atoms with Crippen molar-refractivity contribution >= 4 is 0 Å². The molecule has 0 radical (unpaired) electrons. The molecule has 4 nitrogen and oxygen atoms in total. The van der Waals surface area contributed by atoms with Crippen LogP contribution < -0.4 is 5.32 Å². The first kappa shape index (κ1) is 14.3. The molecule has 0 spiro atoms. The zero-order valence-electron chi connectivity index (χ0n) is 11.9. The van der Waals surface area contributed by atoms with E-state index in [1.54, 1.807) is 0 Å². The minimum absolute atomic E-state index is 0.488. The summed E-state index contributed by atoms with van der Waals surface area (Å²) in [6.45, 7) is 12.7. The van der Waals surface area contributed by atoms with Crippen LogP contribution in [0.3, 0.4) is 0 Å². The normalized spacial score (nSPS) is 27.5. The number of hydrogen-bond acceptors (Lipinski definition) is 4. The van der Waals surface area contributed by atoms with Gasteiger partial charge in [0.25, 0.3) is 0 Å². The van der Waals surface area contributed by atoms with E-state index in [-0.39, 0.29) is 0 Å². The number of piperidine rings is 1. The van der Waals surface area contributed by atoms with Gasteiger partial charge in [-0.1, -0.05) is 6.92 Å². The Kier molecular flexibility index (Phi) is 6.41. The van der Waals surface area contributed by atoms with Crippen molar-refractivity contribution in [3.05, 3.63) is 0 Å². The van der Waals surface area contributed by atoms with Gasteiger partial charge in [0.15, 0.2) is 0 Å². The molecule has 2 rings (SSSR count). The van der Waals surface area contributed by atoms with Gasteiger partial charge in [-0.2, -0.15) is 0 Å². The molecule has 0 aromatic carbocycles. The van der Waals surface area contributed by atoms with Crippen LogP contribution in [0.25, 0.3) is 0 Å². The Balaban J connectivity index is 1.62. The number of nitrogens with zero attached hydrogens (tertiary/aromatic N) is 2. The standard InChI is InChI=1S/C14H29N3O/c1-2-12-18-14-4-3-7-17(13-14)11-10-16-8-5-15-6-9-16/h14-15H,2-13H2,1H3. The second-order valence-electron chi connectivity index (χ2n) is 5.53. The summed E-state index contributed by atoms with van der Waals surface area (Å²) >= 11 is 0. The maximum atomic E-state index is 5.89. The molecule has 0 aliphatic carbocycles. The van der Waals surface area contributed by atoms with Crippen molar-refractivity contribution in [2.45, 2.75) is 32.3 Å². The first-order valence-corrected chi connectivity index (χ1v) is 7.65. The smallest absolute Gasteiger partial charge is 0.0702 e. The zero-order chi connectivity index (χ0) is 12.6. The largest absolute Gasteiger partial charge is 0.377 e. The third kappa shape index (κ3) is 4.84. The first-order chi connectivity index (χ1) is 8.88. The van der Waals surface area contributed by atoms with E-state index in [0.717, 1.165) is 32.7 Å². The SMILES string of the molecule is CCCOC1CCCN(CCN2CCNCC2)C1. The quantitative estimate of drug-likeness (QED) is 0.759. The third-order valence-corrected chi connectivity index (χ3v) is 3.96. The molecule has 106 valence electrons. The molecule has 1 unspecified atom stereocenters. The van der Waals surface area contributed by atoms with Gasteiger partial charge in [0.05, 0.1) is 6.10 Å². The van der Waals surface area contributed by atoms with E-state index in [2.05, 4.69) is 22.0 Å². The highest BCUT2D eigenvalue weighted by Gasteiger charge is 2.20. The van der Waals surface area contributed by atoms with Gasteiger partial charge in [0, 0.05) is 52.4 Å². The molecule has 2 fully saturated rings. The molecule has 18 heavy (non-hydrogen) atoms. The molecule has 0 amide bonds. The van der Waals surface area contributed by atoms with Gasteiger partial charge >= 0.3 is 0 Å². The number of nitrogens with one attached hydrogen (secondary N) is 1. The fraction of sp³-hybridized carbons (Fsp3) is 1.00. The molecule has 1 atom stereocenters. The molecule has 2 saturated heterocycles. The summed E-state index contributed by atoms with van der Waals surface area (Å²) in [5, 5.41) is 3.41. The summed E-state index contributed by atoms with van der Waals surface area (Å²) in [6, 6.07) is 0. The van der Waals surface area contributed by atoms with Crippen molar-refractivity contribution in [3.63, 3.8) is 0 Å². The highest BCUT2D eigenvalue weighted by Crippen LogP contribution is 2.13. The van der Waals surface area contributed by atoms with E-state index in [1.165, 1.54) is 45.6 Å². The molecule has 2 aliphatic rings. The lowest BCUT2D eigenvalue weighted by molar-refractivity contribution is -0.00229.